The molecule has 3 aromatic rings. The normalized spacial score (nSPS) is 12.5. The Labute approximate surface area is 126 Å². The van der Waals surface area contributed by atoms with Gasteiger partial charge in [0.2, 0.25) is 0 Å². The van der Waals surface area contributed by atoms with Crippen LogP contribution in [0.2, 0.25) is 0 Å². The molecular weight excluding hydrogens is 254 g/mol. The number of hydrogen-bond donors (Lipinski definition) is 1. The van der Waals surface area contributed by atoms with Gasteiger partial charge in [-0.15, -0.1) is 0 Å². The molecule has 21 heavy (non-hydrogen) atoms. The largest absolute Gasteiger partial charge is 0.313 e. The van der Waals surface area contributed by atoms with Crippen LogP contribution in [0.5, 0.6) is 0 Å². The van der Waals surface area contributed by atoms with E-state index in [1.54, 1.807) is 0 Å². The standard InChI is InChI=1S/C20H21N/c1-15-7-3-4-9-17(15)14-20(21-2)19-12-11-16-8-5-6-10-18(16)13-19/h3-13,20-21H,14H2,1-2H3. The third-order valence-electron chi connectivity index (χ3n) is 4.21. The average molecular weight is 275 g/mol. The van der Waals surface area contributed by atoms with Crippen LogP contribution < -0.4 is 5.32 Å². The molecule has 0 saturated carbocycles. The second-order valence-electron chi connectivity index (χ2n) is 5.58. The highest BCUT2D eigenvalue weighted by atomic mass is 14.9. The van der Waals surface area contributed by atoms with Gasteiger partial charge in [-0.25, -0.2) is 0 Å². The van der Waals surface area contributed by atoms with E-state index in [9.17, 15) is 0 Å². The van der Waals surface area contributed by atoms with Crippen molar-refractivity contribution in [3.05, 3.63) is 83.4 Å². The van der Waals surface area contributed by atoms with E-state index < -0.39 is 0 Å². The van der Waals surface area contributed by atoms with Gasteiger partial charge in [0.05, 0.1) is 0 Å². The predicted molar refractivity (Wildman–Crippen MR) is 90.6 cm³/mol. The summed E-state index contributed by atoms with van der Waals surface area (Å²) in [6.07, 6.45) is 1.02. The molecule has 1 unspecified atom stereocenters. The molecule has 0 fully saturated rings. The lowest BCUT2D eigenvalue weighted by atomic mass is 9.94. The first-order valence-corrected chi connectivity index (χ1v) is 7.48. The van der Waals surface area contributed by atoms with Crippen LogP contribution in [0.1, 0.15) is 22.7 Å². The molecule has 1 nitrogen and oxygen atoms in total. The summed E-state index contributed by atoms with van der Waals surface area (Å²) in [5.74, 6) is 0. The highest BCUT2D eigenvalue weighted by molar-refractivity contribution is 5.83. The maximum absolute atomic E-state index is 3.46. The van der Waals surface area contributed by atoms with Gasteiger partial charge in [-0.3, -0.25) is 0 Å². The Bertz CT molecular complexity index is 745. The highest BCUT2D eigenvalue weighted by Crippen LogP contribution is 2.24. The summed E-state index contributed by atoms with van der Waals surface area (Å²) in [5, 5.41) is 6.06. The predicted octanol–water partition coefficient (Wildman–Crippen LogP) is 4.65. The second kappa shape index (κ2) is 6.11. The van der Waals surface area contributed by atoms with Gasteiger partial charge >= 0.3 is 0 Å². The van der Waals surface area contributed by atoms with Crippen LogP contribution in [0, 0.1) is 6.92 Å². The average Bonchev–Trinajstić information content (AvgIpc) is 2.54. The molecule has 3 rings (SSSR count). The number of hydrogen-bond acceptors (Lipinski definition) is 1. The molecular formula is C20H21N. The van der Waals surface area contributed by atoms with Crippen molar-refractivity contribution < 1.29 is 0 Å². The molecule has 0 aliphatic heterocycles. The highest BCUT2D eigenvalue weighted by Gasteiger charge is 2.11. The zero-order valence-corrected chi connectivity index (χ0v) is 12.6. The van der Waals surface area contributed by atoms with Gasteiger partial charge < -0.3 is 5.32 Å². The van der Waals surface area contributed by atoms with E-state index >= 15 is 0 Å². The Balaban J connectivity index is 1.93. The Kier molecular flexibility index (Phi) is 4.03. The van der Waals surface area contributed by atoms with E-state index in [1.807, 2.05) is 7.05 Å². The number of fused-ring (bicyclic) bond motifs is 1. The first-order valence-electron chi connectivity index (χ1n) is 7.48. The number of likely N-dealkylation sites (N-methyl/N-ethyl adjacent to an activating group) is 1. The Morgan fingerprint density at radius 2 is 1.57 bits per heavy atom. The first kappa shape index (κ1) is 13.8. The Morgan fingerprint density at radius 3 is 2.33 bits per heavy atom. The van der Waals surface area contributed by atoms with Gasteiger partial charge in [0.25, 0.3) is 0 Å². The molecule has 1 atom stereocenters. The molecule has 0 radical (unpaired) electrons. The second-order valence-corrected chi connectivity index (χ2v) is 5.58. The van der Waals surface area contributed by atoms with E-state index in [0.29, 0.717) is 6.04 Å². The summed E-state index contributed by atoms with van der Waals surface area (Å²) < 4.78 is 0. The summed E-state index contributed by atoms with van der Waals surface area (Å²) >= 11 is 0. The lowest BCUT2D eigenvalue weighted by Crippen LogP contribution is -2.19. The van der Waals surface area contributed by atoms with Crippen LogP contribution >= 0.6 is 0 Å². The van der Waals surface area contributed by atoms with Gasteiger partial charge in [0.15, 0.2) is 0 Å². The minimum Gasteiger partial charge on any atom is -0.313 e. The fourth-order valence-corrected chi connectivity index (χ4v) is 2.87. The molecule has 106 valence electrons. The molecule has 0 aliphatic rings. The van der Waals surface area contributed by atoms with Crippen molar-refractivity contribution in [2.45, 2.75) is 19.4 Å². The molecule has 0 spiro atoms. The number of aryl methyl sites for hydroxylation is 1. The maximum atomic E-state index is 3.46. The third-order valence-corrected chi connectivity index (χ3v) is 4.21. The molecule has 0 aliphatic carbocycles. The van der Waals surface area contributed by atoms with Gasteiger partial charge in [-0.1, -0.05) is 60.7 Å². The fraction of sp³-hybridized carbons (Fsp3) is 0.200. The molecule has 1 heteroatoms. The molecule has 1 N–H and O–H groups in total. The summed E-state index contributed by atoms with van der Waals surface area (Å²) in [4.78, 5) is 0. The van der Waals surface area contributed by atoms with Crippen LogP contribution in [-0.2, 0) is 6.42 Å². The molecule has 3 aromatic carbocycles. The topological polar surface area (TPSA) is 12.0 Å². The van der Waals surface area contributed by atoms with Gasteiger partial charge in [0.1, 0.15) is 0 Å². The quantitative estimate of drug-likeness (QED) is 0.730. The van der Waals surface area contributed by atoms with Crippen LogP contribution in [-0.4, -0.2) is 7.05 Å². The van der Waals surface area contributed by atoms with Gasteiger partial charge in [-0.05, 0) is 53.9 Å². The summed E-state index contributed by atoms with van der Waals surface area (Å²) in [5.41, 5.74) is 4.11. The third kappa shape index (κ3) is 2.98. The summed E-state index contributed by atoms with van der Waals surface area (Å²) in [6, 6.07) is 24.3. The summed E-state index contributed by atoms with van der Waals surface area (Å²) in [7, 11) is 2.04. The van der Waals surface area contributed by atoms with Crippen molar-refractivity contribution in [2.75, 3.05) is 7.05 Å². The molecule has 0 heterocycles. The van der Waals surface area contributed by atoms with Crippen molar-refractivity contribution in [2.24, 2.45) is 0 Å². The van der Waals surface area contributed by atoms with E-state index in [4.69, 9.17) is 0 Å². The SMILES string of the molecule is CNC(Cc1ccccc1C)c1ccc2ccccc2c1. The van der Waals surface area contributed by atoms with E-state index in [1.165, 1.54) is 27.5 Å². The number of nitrogens with one attached hydrogen (secondary N) is 1. The van der Waals surface area contributed by atoms with Crippen LogP contribution in [0.4, 0.5) is 0 Å². The van der Waals surface area contributed by atoms with Crippen LogP contribution in [0.3, 0.4) is 0 Å². The monoisotopic (exact) mass is 275 g/mol. The van der Waals surface area contributed by atoms with Crippen molar-refractivity contribution in [1.29, 1.82) is 0 Å². The van der Waals surface area contributed by atoms with E-state index in [2.05, 4.69) is 79.0 Å². The first-order chi connectivity index (χ1) is 10.3. The lowest BCUT2D eigenvalue weighted by Gasteiger charge is -2.18. The Hall–Kier alpha value is -2.12. The smallest absolute Gasteiger partial charge is 0.0358 e. The molecule has 0 amide bonds. The van der Waals surface area contributed by atoms with Crippen LogP contribution in [0.25, 0.3) is 10.8 Å². The molecule has 0 aromatic heterocycles. The van der Waals surface area contributed by atoms with Crippen molar-refractivity contribution >= 4 is 10.8 Å². The maximum Gasteiger partial charge on any atom is 0.0358 e. The van der Waals surface area contributed by atoms with E-state index in [0.717, 1.165) is 6.42 Å². The van der Waals surface area contributed by atoms with Gasteiger partial charge in [0, 0.05) is 6.04 Å². The minimum atomic E-state index is 0.343. The number of benzene rings is 3. The number of rotatable bonds is 4. The zero-order valence-electron chi connectivity index (χ0n) is 12.6. The van der Waals surface area contributed by atoms with Crippen molar-refractivity contribution in [1.82, 2.24) is 5.32 Å². The Morgan fingerprint density at radius 1 is 0.857 bits per heavy atom. The van der Waals surface area contributed by atoms with Gasteiger partial charge in [-0.2, -0.15) is 0 Å². The van der Waals surface area contributed by atoms with E-state index in [-0.39, 0.29) is 0 Å². The molecule has 0 saturated heterocycles. The zero-order chi connectivity index (χ0) is 14.7. The minimum absolute atomic E-state index is 0.343. The van der Waals surface area contributed by atoms with Crippen molar-refractivity contribution in [3.8, 4) is 0 Å². The summed E-state index contributed by atoms with van der Waals surface area (Å²) in [6.45, 7) is 2.18. The fourth-order valence-electron chi connectivity index (χ4n) is 2.87. The van der Waals surface area contributed by atoms with Crippen molar-refractivity contribution in [3.63, 3.8) is 0 Å². The lowest BCUT2D eigenvalue weighted by molar-refractivity contribution is 0.591. The van der Waals surface area contributed by atoms with Crippen LogP contribution in [0.15, 0.2) is 66.7 Å². The molecule has 0 bridgehead atoms.